The van der Waals surface area contributed by atoms with Crippen molar-refractivity contribution in [3.63, 3.8) is 0 Å². The van der Waals surface area contributed by atoms with E-state index in [1.54, 1.807) is 11.9 Å². The van der Waals surface area contributed by atoms with Gasteiger partial charge in [0.25, 0.3) is 0 Å². The minimum Gasteiger partial charge on any atom is -0.335 e. The Hall–Kier alpha value is -1.06. The van der Waals surface area contributed by atoms with E-state index in [1.165, 1.54) is 4.90 Å². The second kappa shape index (κ2) is 6.21. The SMILES string of the molecule is CC(C)C1CCN(C(=O)C(=O)N(C)C(C)C)CC1. The van der Waals surface area contributed by atoms with Crippen LogP contribution in [-0.4, -0.2) is 47.8 Å². The topological polar surface area (TPSA) is 40.6 Å². The third kappa shape index (κ3) is 3.47. The summed E-state index contributed by atoms with van der Waals surface area (Å²) in [4.78, 5) is 27.2. The largest absolute Gasteiger partial charge is 0.335 e. The van der Waals surface area contributed by atoms with Gasteiger partial charge in [0, 0.05) is 26.2 Å². The molecule has 2 amide bonds. The number of hydrogen-bond donors (Lipinski definition) is 0. The van der Waals surface area contributed by atoms with Crippen molar-refractivity contribution < 1.29 is 9.59 Å². The lowest BCUT2D eigenvalue weighted by Crippen LogP contribution is -2.48. The van der Waals surface area contributed by atoms with Gasteiger partial charge in [0.15, 0.2) is 0 Å². The molecule has 1 rings (SSSR count). The standard InChI is InChI=1S/C14H26N2O2/c1-10(2)12-6-8-16(9-7-12)14(18)13(17)15(5)11(3)4/h10-12H,6-9H2,1-5H3. The summed E-state index contributed by atoms with van der Waals surface area (Å²) in [6, 6.07) is 0.0645. The molecule has 0 unspecified atom stereocenters. The average molecular weight is 254 g/mol. The van der Waals surface area contributed by atoms with E-state index in [4.69, 9.17) is 0 Å². The summed E-state index contributed by atoms with van der Waals surface area (Å²) in [6.45, 7) is 9.71. The molecule has 0 aromatic carbocycles. The van der Waals surface area contributed by atoms with Crippen LogP contribution < -0.4 is 0 Å². The normalized spacial score (nSPS) is 17.4. The van der Waals surface area contributed by atoms with Crippen molar-refractivity contribution in [3.05, 3.63) is 0 Å². The summed E-state index contributed by atoms with van der Waals surface area (Å²) >= 11 is 0. The van der Waals surface area contributed by atoms with Crippen molar-refractivity contribution in [3.8, 4) is 0 Å². The highest BCUT2D eigenvalue weighted by Gasteiger charge is 2.30. The van der Waals surface area contributed by atoms with Gasteiger partial charge < -0.3 is 9.80 Å². The predicted octanol–water partition coefficient (Wildman–Crippen LogP) is 1.75. The lowest BCUT2D eigenvalue weighted by Gasteiger charge is -2.34. The van der Waals surface area contributed by atoms with E-state index in [-0.39, 0.29) is 17.9 Å². The van der Waals surface area contributed by atoms with Crippen LogP contribution in [0.3, 0.4) is 0 Å². The van der Waals surface area contributed by atoms with E-state index in [0.29, 0.717) is 11.8 Å². The lowest BCUT2D eigenvalue weighted by atomic mass is 9.87. The van der Waals surface area contributed by atoms with Gasteiger partial charge in [-0.2, -0.15) is 0 Å². The molecule has 0 saturated carbocycles. The Morgan fingerprint density at radius 1 is 1.11 bits per heavy atom. The van der Waals surface area contributed by atoms with Crippen molar-refractivity contribution in [2.75, 3.05) is 20.1 Å². The number of carbonyl (C=O) groups excluding carboxylic acids is 2. The first-order valence-electron chi connectivity index (χ1n) is 6.90. The molecule has 0 spiro atoms. The molecule has 1 aliphatic heterocycles. The number of likely N-dealkylation sites (N-methyl/N-ethyl adjacent to an activating group) is 1. The number of nitrogens with zero attached hydrogens (tertiary/aromatic N) is 2. The van der Waals surface area contributed by atoms with E-state index in [9.17, 15) is 9.59 Å². The number of amides is 2. The fourth-order valence-corrected chi connectivity index (χ4v) is 2.29. The minimum atomic E-state index is -0.381. The van der Waals surface area contributed by atoms with Gasteiger partial charge in [-0.15, -0.1) is 0 Å². The number of carbonyl (C=O) groups is 2. The summed E-state index contributed by atoms with van der Waals surface area (Å²) in [6.07, 6.45) is 2.03. The third-order valence-electron chi connectivity index (χ3n) is 4.05. The molecule has 0 aromatic rings. The van der Waals surface area contributed by atoms with Gasteiger partial charge in [-0.25, -0.2) is 0 Å². The lowest BCUT2D eigenvalue weighted by molar-refractivity contribution is -0.152. The summed E-state index contributed by atoms with van der Waals surface area (Å²) in [5, 5.41) is 0. The van der Waals surface area contributed by atoms with Gasteiger partial charge in [0.2, 0.25) is 0 Å². The van der Waals surface area contributed by atoms with Crippen LogP contribution in [0.15, 0.2) is 0 Å². The number of likely N-dealkylation sites (tertiary alicyclic amines) is 1. The van der Waals surface area contributed by atoms with Gasteiger partial charge in [-0.1, -0.05) is 13.8 Å². The second-order valence-corrected chi connectivity index (χ2v) is 5.88. The molecule has 0 aliphatic carbocycles. The predicted molar refractivity (Wildman–Crippen MR) is 72.0 cm³/mol. The van der Waals surface area contributed by atoms with Crippen molar-refractivity contribution >= 4 is 11.8 Å². The molecule has 4 heteroatoms. The Morgan fingerprint density at radius 2 is 1.61 bits per heavy atom. The molecular weight excluding hydrogens is 228 g/mol. The van der Waals surface area contributed by atoms with Crippen molar-refractivity contribution in [2.45, 2.75) is 46.6 Å². The molecule has 0 radical (unpaired) electrons. The Bertz CT molecular complexity index is 305. The van der Waals surface area contributed by atoms with E-state index in [0.717, 1.165) is 25.9 Å². The second-order valence-electron chi connectivity index (χ2n) is 5.88. The number of hydrogen-bond acceptors (Lipinski definition) is 2. The van der Waals surface area contributed by atoms with Crippen LogP contribution in [0.1, 0.15) is 40.5 Å². The summed E-state index contributed by atoms with van der Waals surface area (Å²) in [5.74, 6) is 0.629. The maximum absolute atomic E-state index is 12.1. The van der Waals surface area contributed by atoms with Crippen LogP contribution in [0.4, 0.5) is 0 Å². The number of piperidine rings is 1. The van der Waals surface area contributed by atoms with Crippen LogP contribution in [-0.2, 0) is 9.59 Å². The highest BCUT2D eigenvalue weighted by molar-refractivity contribution is 6.34. The Morgan fingerprint density at radius 3 is 2.00 bits per heavy atom. The molecule has 0 atom stereocenters. The monoisotopic (exact) mass is 254 g/mol. The Balaban J connectivity index is 2.52. The zero-order valence-corrected chi connectivity index (χ0v) is 12.3. The molecule has 18 heavy (non-hydrogen) atoms. The quantitative estimate of drug-likeness (QED) is 0.704. The molecule has 1 heterocycles. The Labute approximate surface area is 110 Å². The van der Waals surface area contributed by atoms with Gasteiger partial charge in [-0.3, -0.25) is 9.59 Å². The highest BCUT2D eigenvalue weighted by atomic mass is 16.2. The fraction of sp³-hybridized carbons (Fsp3) is 0.857. The highest BCUT2D eigenvalue weighted by Crippen LogP contribution is 2.24. The molecule has 1 saturated heterocycles. The van der Waals surface area contributed by atoms with E-state index < -0.39 is 0 Å². The smallest absolute Gasteiger partial charge is 0.312 e. The molecule has 1 fully saturated rings. The van der Waals surface area contributed by atoms with Crippen LogP contribution in [0.2, 0.25) is 0 Å². The average Bonchev–Trinajstić information content (AvgIpc) is 2.36. The first kappa shape index (κ1) is 15.0. The van der Waals surface area contributed by atoms with Crippen LogP contribution in [0.5, 0.6) is 0 Å². The molecular formula is C14H26N2O2. The van der Waals surface area contributed by atoms with E-state index in [2.05, 4.69) is 13.8 Å². The maximum Gasteiger partial charge on any atom is 0.312 e. The number of rotatable bonds is 2. The zero-order valence-electron chi connectivity index (χ0n) is 12.3. The van der Waals surface area contributed by atoms with Crippen LogP contribution in [0.25, 0.3) is 0 Å². The first-order valence-corrected chi connectivity index (χ1v) is 6.90. The molecule has 104 valence electrons. The fourth-order valence-electron chi connectivity index (χ4n) is 2.29. The van der Waals surface area contributed by atoms with Gasteiger partial charge in [0.1, 0.15) is 0 Å². The van der Waals surface area contributed by atoms with Gasteiger partial charge >= 0.3 is 11.8 Å². The van der Waals surface area contributed by atoms with Crippen molar-refractivity contribution in [1.29, 1.82) is 0 Å². The van der Waals surface area contributed by atoms with Gasteiger partial charge in [0.05, 0.1) is 0 Å². The molecule has 1 aliphatic rings. The molecule has 0 aromatic heterocycles. The summed E-state index contributed by atoms with van der Waals surface area (Å²) < 4.78 is 0. The van der Waals surface area contributed by atoms with Crippen molar-refractivity contribution in [1.82, 2.24) is 9.80 Å². The molecule has 0 bridgehead atoms. The van der Waals surface area contributed by atoms with E-state index >= 15 is 0 Å². The third-order valence-corrected chi connectivity index (χ3v) is 4.05. The molecule has 4 nitrogen and oxygen atoms in total. The zero-order chi connectivity index (χ0) is 13.9. The van der Waals surface area contributed by atoms with Gasteiger partial charge in [-0.05, 0) is 38.5 Å². The summed E-state index contributed by atoms with van der Waals surface area (Å²) in [7, 11) is 1.69. The minimum absolute atomic E-state index is 0.0645. The molecule has 0 N–H and O–H groups in total. The van der Waals surface area contributed by atoms with Crippen LogP contribution in [0, 0.1) is 11.8 Å². The maximum atomic E-state index is 12.1. The van der Waals surface area contributed by atoms with Crippen molar-refractivity contribution in [2.24, 2.45) is 11.8 Å². The summed E-state index contributed by atoms with van der Waals surface area (Å²) in [5.41, 5.74) is 0. The first-order chi connectivity index (χ1) is 8.34. The van der Waals surface area contributed by atoms with Crippen LogP contribution >= 0.6 is 0 Å². The van der Waals surface area contributed by atoms with E-state index in [1.807, 2.05) is 13.8 Å². The Kier molecular flexibility index (Phi) is 5.17.